The number of alkyl carbamates (subject to hydrolysis) is 1. The molecule has 3 aromatic carbocycles. The number of aromatic nitrogens is 3. The van der Waals surface area contributed by atoms with Crippen molar-refractivity contribution in [2.45, 2.75) is 185 Å². The number of carbonyl (C=O) groups is 7. The molecular weight excluding hydrogens is 1370 g/mol. The van der Waals surface area contributed by atoms with Crippen LogP contribution < -0.4 is 30.3 Å². The van der Waals surface area contributed by atoms with Gasteiger partial charge < -0.3 is 64.2 Å². The predicted molar refractivity (Wildman–Crippen MR) is 404 cm³/mol. The Morgan fingerprint density at radius 3 is 2.12 bits per heavy atom. The first kappa shape index (κ1) is 77.4. The van der Waals surface area contributed by atoms with Crippen molar-refractivity contribution in [2.75, 3.05) is 123 Å². The number of methoxy groups -OCH3 is 1. The lowest BCUT2D eigenvalue weighted by molar-refractivity contribution is -0.203. The Kier molecular flexibility index (Phi) is 24.4. The molecule has 4 N–H and O–H groups in total. The maximum atomic E-state index is 14.9. The number of hydrogen-bond acceptors (Lipinski definition) is 17. The van der Waals surface area contributed by atoms with Crippen LogP contribution in [0.5, 0.6) is 11.5 Å². The van der Waals surface area contributed by atoms with Gasteiger partial charge in [-0.05, 0) is 179 Å². The molecule has 0 spiro atoms. The van der Waals surface area contributed by atoms with E-state index in [1.54, 1.807) is 71.8 Å². The van der Waals surface area contributed by atoms with Gasteiger partial charge in [0, 0.05) is 126 Å². The largest absolute Gasteiger partial charge is 0.497 e. The smallest absolute Gasteiger partial charge is 0.411 e. The summed E-state index contributed by atoms with van der Waals surface area (Å²) in [5.41, 5.74) is -0.0405. The molecule has 6 saturated heterocycles. The minimum Gasteiger partial charge on any atom is -0.497 e. The van der Waals surface area contributed by atoms with Gasteiger partial charge in [-0.2, -0.15) is 0 Å². The zero-order chi connectivity index (χ0) is 75.0. The SMILES string of the molecule is CCOc1cc(OC)ccc1CN(CC(=O)N1CCCC(c2cccc(C(=O)N[C@@H](C(=O)N3CCN(CC45CCC(C(=O)N6CCN(CC[C@H](NC(=O)C7(NC(=O)OC(C)(C)C)CCN(c8ncnc9[nH]ccc89)CC7)c7ccc(Cl)cc7)CC6)(CC4)CO5)CC3)C3CCCCC3)c2)C1)C(=O)OC(C)(C)C. The van der Waals surface area contributed by atoms with Crippen LogP contribution >= 0.6 is 11.6 Å². The average Bonchev–Trinajstić information content (AvgIpc) is 0.924. The van der Waals surface area contributed by atoms with Gasteiger partial charge in [0.25, 0.3) is 5.91 Å². The molecule has 106 heavy (non-hydrogen) atoms. The Balaban J connectivity index is 0.612. The maximum Gasteiger partial charge on any atom is 0.411 e. The molecule has 1 unspecified atom stereocenters. The van der Waals surface area contributed by atoms with Gasteiger partial charge in [-0.1, -0.05) is 55.1 Å². The quantitative estimate of drug-likeness (QED) is 0.0474. The number of carbonyl (C=O) groups excluding carboxylic acids is 7. The molecule has 0 radical (unpaired) electrons. The van der Waals surface area contributed by atoms with Gasteiger partial charge in [0.15, 0.2) is 0 Å². The molecular formula is C80H110ClN13O12. The van der Waals surface area contributed by atoms with E-state index in [0.717, 1.165) is 105 Å². The zero-order valence-corrected chi connectivity index (χ0v) is 64.1. The summed E-state index contributed by atoms with van der Waals surface area (Å²) in [6, 6.07) is 21.4. The van der Waals surface area contributed by atoms with E-state index >= 15 is 0 Å². The van der Waals surface area contributed by atoms with Gasteiger partial charge in [0.05, 0.1) is 49.3 Å². The second-order valence-corrected chi connectivity index (χ2v) is 32.8. The number of benzene rings is 3. The van der Waals surface area contributed by atoms with Gasteiger partial charge in [-0.3, -0.25) is 38.7 Å². The molecule has 2 saturated carbocycles. The number of nitrogens with zero attached hydrogens (tertiary/aromatic N) is 9. The molecule has 2 aromatic heterocycles. The molecule has 8 heterocycles. The Morgan fingerprint density at radius 2 is 1.44 bits per heavy atom. The number of piperidine rings is 2. The summed E-state index contributed by atoms with van der Waals surface area (Å²) in [4.78, 5) is 127. The molecule has 13 rings (SSSR count). The Hall–Kier alpha value is -8.26. The fourth-order valence-electron chi connectivity index (χ4n) is 16.8. The van der Waals surface area contributed by atoms with Crippen LogP contribution in [0.4, 0.5) is 15.4 Å². The second kappa shape index (κ2) is 33.5. The van der Waals surface area contributed by atoms with E-state index in [4.69, 9.17) is 35.3 Å². The van der Waals surface area contributed by atoms with Crippen LogP contribution in [0.15, 0.2) is 85.3 Å². The third-order valence-corrected chi connectivity index (χ3v) is 23.1. The van der Waals surface area contributed by atoms with Crippen LogP contribution in [0.1, 0.15) is 177 Å². The highest BCUT2D eigenvalue weighted by atomic mass is 35.5. The minimum atomic E-state index is -1.27. The van der Waals surface area contributed by atoms with Crippen molar-refractivity contribution < 1.29 is 57.2 Å². The third-order valence-electron chi connectivity index (χ3n) is 22.8. The molecule has 2 bridgehead atoms. The topological polar surface area (TPSA) is 266 Å². The number of halogens is 1. The summed E-state index contributed by atoms with van der Waals surface area (Å²) in [5, 5.41) is 11.1. The summed E-state index contributed by atoms with van der Waals surface area (Å²) in [6.45, 7) is 21.5. The number of likely N-dealkylation sites (tertiary alicyclic amines) is 1. The van der Waals surface area contributed by atoms with Crippen LogP contribution in [-0.4, -0.2) is 233 Å². The van der Waals surface area contributed by atoms with Crippen LogP contribution in [0.2, 0.25) is 5.02 Å². The molecule has 6 aliphatic heterocycles. The molecule has 5 aromatic rings. The van der Waals surface area contributed by atoms with E-state index in [2.05, 4.69) is 45.6 Å². The number of amides is 7. The number of anilines is 1. The Labute approximate surface area is 628 Å². The number of nitrogens with one attached hydrogen (secondary N) is 4. The second-order valence-electron chi connectivity index (χ2n) is 32.4. The van der Waals surface area contributed by atoms with Crippen molar-refractivity contribution in [2.24, 2.45) is 11.3 Å². The molecule has 26 heteroatoms. The van der Waals surface area contributed by atoms with Crippen LogP contribution in [0, 0.1) is 11.3 Å². The van der Waals surface area contributed by atoms with Crippen molar-refractivity contribution in [3.05, 3.63) is 113 Å². The van der Waals surface area contributed by atoms with Gasteiger partial charge in [-0.25, -0.2) is 19.6 Å². The average molecular weight is 1480 g/mol. The highest BCUT2D eigenvalue weighted by Gasteiger charge is 2.56. The Morgan fingerprint density at radius 1 is 0.736 bits per heavy atom. The highest BCUT2D eigenvalue weighted by molar-refractivity contribution is 6.30. The summed E-state index contributed by atoms with van der Waals surface area (Å²) >= 11 is 6.40. The Bertz CT molecular complexity index is 3880. The van der Waals surface area contributed by atoms with Crippen LogP contribution in [0.3, 0.4) is 0 Å². The molecule has 8 fully saturated rings. The number of fused-ring (bicyclic) bond motifs is 4. The summed E-state index contributed by atoms with van der Waals surface area (Å²) in [7, 11) is 1.58. The number of aromatic amines is 1. The summed E-state index contributed by atoms with van der Waals surface area (Å²) in [6.07, 6.45) is 12.8. The van der Waals surface area contributed by atoms with E-state index < -0.39 is 46.4 Å². The predicted octanol–water partition coefficient (Wildman–Crippen LogP) is 10.3. The lowest BCUT2D eigenvalue weighted by Gasteiger charge is -2.55. The number of ether oxygens (including phenoxy) is 5. The van der Waals surface area contributed by atoms with Gasteiger partial charge in [0.1, 0.15) is 58.6 Å². The highest BCUT2D eigenvalue weighted by Crippen LogP contribution is 2.50. The number of hydrogen-bond donors (Lipinski definition) is 4. The normalized spacial score (nSPS) is 22.4. The van der Waals surface area contributed by atoms with E-state index in [1.807, 2.05) is 77.5 Å². The van der Waals surface area contributed by atoms with E-state index in [9.17, 15) is 33.6 Å². The lowest BCUT2D eigenvalue weighted by atomic mass is 9.65. The first-order chi connectivity index (χ1) is 50.8. The van der Waals surface area contributed by atoms with Crippen molar-refractivity contribution >= 4 is 70.2 Å². The van der Waals surface area contributed by atoms with Crippen molar-refractivity contribution in [3.63, 3.8) is 0 Å². The van der Waals surface area contributed by atoms with Crippen LogP contribution in [0.25, 0.3) is 11.0 Å². The first-order valence-corrected chi connectivity index (χ1v) is 38.9. The third kappa shape index (κ3) is 18.8. The molecule has 2 aliphatic carbocycles. The zero-order valence-electron chi connectivity index (χ0n) is 63.3. The number of H-pyrrole nitrogens is 1. The molecule has 25 nitrogen and oxygen atoms in total. The standard InChI is InChI=1S/C80H110ClN13O12/c1-9-103-65-48-62(102-8)25-22-60(65)50-94(75(101)106-77(5,6)7)51-66(95)93-35-14-19-59(49-93)57-17-13-18-58(47-57)70(96)86-67(56-15-11-10-12-16-56)71(97)91-43-41-89(42-44-91)52-79-30-28-78(29-31-79,53-104-79)73(99)92-45-39-88(40-46-92)36-27-64(55-20-23-61(81)24-21-55)85-72(98)80(87-74(100)105-76(2,3)4)32-37-90(38-33-80)69-63-26-34-82-68(63)83-54-84-69/h13,17-18,20-26,34,47-48,54,56,59,64,67H,9-12,14-16,19,27-33,35-46,49-53H2,1-8H3,(H,85,98)(H,86,96)(H,87,100)(H,82,83,84)/t59?,64-,67+,78?,79?/m0/s1. The number of piperazine rings is 2. The summed E-state index contributed by atoms with van der Waals surface area (Å²) in [5.74, 6) is 1.24. The van der Waals surface area contributed by atoms with Crippen molar-refractivity contribution in [1.82, 2.24) is 60.3 Å². The van der Waals surface area contributed by atoms with Crippen molar-refractivity contribution in [1.29, 1.82) is 0 Å². The van der Waals surface area contributed by atoms with Gasteiger partial charge in [-0.15, -0.1) is 0 Å². The lowest BCUT2D eigenvalue weighted by Crippen LogP contribution is -2.64. The van der Waals surface area contributed by atoms with E-state index in [-0.39, 0.29) is 60.1 Å². The molecule has 8 aliphatic rings. The fraction of sp³-hybridized carbons (Fsp3) is 0.613. The fourth-order valence-corrected chi connectivity index (χ4v) is 16.9. The first-order valence-electron chi connectivity index (χ1n) is 38.5. The maximum absolute atomic E-state index is 14.9. The summed E-state index contributed by atoms with van der Waals surface area (Å²) < 4.78 is 29.8. The van der Waals surface area contributed by atoms with E-state index in [1.165, 1.54) is 11.2 Å². The minimum absolute atomic E-state index is 0.0186. The molecule has 574 valence electrons. The van der Waals surface area contributed by atoms with Crippen molar-refractivity contribution in [3.8, 4) is 11.5 Å². The molecule has 3 atom stereocenters. The monoisotopic (exact) mass is 1480 g/mol. The van der Waals surface area contributed by atoms with Crippen LogP contribution in [-0.2, 0) is 39.9 Å². The molecule has 7 amide bonds. The van der Waals surface area contributed by atoms with E-state index in [0.29, 0.717) is 145 Å². The van der Waals surface area contributed by atoms with Gasteiger partial charge in [0.2, 0.25) is 23.6 Å². The number of rotatable bonds is 23. The van der Waals surface area contributed by atoms with Gasteiger partial charge >= 0.3 is 12.2 Å².